The molecule has 1 aromatic rings. The van der Waals surface area contributed by atoms with Gasteiger partial charge in [-0.1, -0.05) is 0 Å². The van der Waals surface area contributed by atoms with E-state index in [1.165, 1.54) is 0 Å². The lowest BCUT2D eigenvalue weighted by Crippen LogP contribution is -2.31. The minimum atomic E-state index is -0.519. The van der Waals surface area contributed by atoms with E-state index < -0.39 is 11.7 Å². The van der Waals surface area contributed by atoms with Crippen molar-refractivity contribution in [3.8, 4) is 0 Å². The monoisotopic (exact) mass is 253 g/mol. The van der Waals surface area contributed by atoms with Crippen LogP contribution in [0.2, 0.25) is 0 Å². The maximum atomic E-state index is 11.5. The number of carbonyl (C=O) groups is 1. The summed E-state index contributed by atoms with van der Waals surface area (Å²) in [4.78, 5) is 13.2. The number of aromatic nitrogens is 3. The van der Waals surface area contributed by atoms with Crippen LogP contribution < -0.4 is 10.3 Å². The summed E-state index contributed by atoms with van der Waals surface area (Å²) in [5.41, 5.74) is -0.519. The molecule has 1 fully saturated rings. The second-order valence-electron chi connectivity index (χ2n) is 5.31. The number of anilines is 1. The Morgan fingerprint density at radius 3 is 2.67 bits per heavy atom. The van der Waals surface area contributed by atoms with E-state index in [1.807, 2.05) is 20.8 Å². The van der Waals surface area contributed by atoms with Gasteiger partial charge in [-0.05, 0) is 38.8 Å². The highest BCUT2D eigenvalue weighted by Gasteiger charge is 2.18. The largest absolute Gasteiger partial charge is 0.444 e. The first-order valence-corrected chi connectivity index (χ1v) is 6.12. The van der Waals surface area contributed by atoms with Crippen molar-refractivity contribution in [3.63, 3.8) is 0 Å². The molecule has 7 heteroatoms. The number of amides is 1. The molecule has 0 atom stereocenters. The van der Waals surface area contributed by atoms with Crippen molar-refractivity contribution < 1.29 is 9.53 Å². The molecule has 0 spiro atoms. The minimum Gasteiger partial charge on any atom is -0.444 e. The van der Waals surface area contributed by atoms with Crippen LogP contribution in [0.3, 0.4) is 0 Å². The fraction of sp³-hybridized carbons (Fsp3) is 0.727. The molecule has 100 valence electrons. The summed E-state index contributed by atoms with van der Waals surface area (Å²) in [5.74, 6) is 0.399. The van der Waals surface area contributed by atoms with Gasteiger partial charge in [0.25, 0.3) is 0 Å². The molecule has 1 amide bonds. The average Bonchev–Trinajstić information content (AvgIpc) is 2.82. The smallest absolute Gasteiger partial charge is 0.413 e. The van der Waals surface area contributed by atoms with E-state index >= 15 is 0 Å². The molecule has 0 aliphatic carbocycles. The number of nitrogens with zero attached hydrogens (tertiary/aromatic N) is 4. The van der Waals surface area contributed by atoms with Crippen molar-refractivity contribution >= 4 is 11.9 Å². The van der Waals surface area contributed by atoms with Crippen LogP contribution in [0.1, 0.15) is 33.6 Å². The van der Waals surface area contributed by atoms with Crippen LogP contribution in [0, 0.1) is 0 Å². The minimum absolute atomic E-state index is 0.399. The van der Waals surface area contributed by atoms with Crippen molar-refractivity contribution in [3.05, 3.63) is 6.20 Å². The topological polar surface area (TPSA) is 72.3 Å². The molecule has 7 nitrogen and oxygen atoms in total. The van der Waals surface area contributed by atoms with Crippen molar-refractivity contribution in [2.75, 3.05) is 23.4 Å². The summed E-state index contributed by atoms with van der Waals surface area (Å²) in [6.07, 6.45) is 3.49. The predicted molar refractivity (Wildman–Crippen MR) is 67.1 cm³/mol. The van der Waals surface area contributed by atoms with Crippen LogP contribution in [0.25, 0.3) is 0 Å². The molecule has 1 saturated heterocycles. The zero-order chi connectivity index (χ0) is 13.2. The van der Waals surface area contributed by atoms with Gasteiger partial charge in [0, 0.05) is 13.1 Å². The molecule has 0 saturated carbocycles. The number of ether oxygens (including phenoxy) is 1. The lowest BCUT2D eigenvalue weighted by atomic mass is 10.2. The number of carbonyl (C=O) groups excluding carboxylic acids is 1. The Morgan fingerprint density at radius 1 is 1.39 bits per heavy atom. The number of hydrogen-bond donors (Lipinski definition) is 1. The Bertz CT molecular complexity index is 417. The number of rotatable bonds is 2. The van der Waals surface area contributed by atoms with Crippen LogP contribution in [0.4, 0.5) is 10.6 Å². The Balaban J connectivity index is 1.92. The Labute approximate surface area is 106 Å². The second kappa shape index (κ2) is 4.83. The highest BCUT2D eigenvalue weighted by Crippen LogP contribution is 2.11. The van der Waals surface area contributed by atoms with Gasteiger partial charge in [-0.15, -0.1) is 5.10 Å². The highest BCUT2D eigenvalue weighted by atomic mass is 16.6. The van der Waals surface area contributed by atoms with E-state index in [2.05, 4.69) is 20.6 Å². The number of hydrogen-bond acceptors (Lipinski definition) is 5. The van der Waals surface area contributed by atoms with E-state index in [9.17, 15) is 4.79 Å². The second-order valence-corrected chi connectivity index (χ2v) is 5.31. The van der Waals surface area contributed by atoms with Crippen LogP contribution in [-0.2, 0) is 4.74 Å². The quantitative estimate of drug-likeness (QED) is 0.861. The van der Waals surface area contributed by atoms with Gasteiger partial charge in [-0.3, -0.25) is 10.3 Å². The van der Waals surface area contributed by atoms with Crippen molar-refractivity contribution in [2.45, 2.75) is 39.2 Å². The van der Waals surface area contributed by atoms with Gasteiger partial charge in [-0.2, -0.15) is 4.79 Å². The Kier molecular flexibility index (Phi) is 3.40. The van der Waals surface area contributed by atoms with E-state index in [4.69, 9.17) is 4.74 Å². The number of nitrogens with one attached hydrogen (secondary N) is 1. The summed E-state index contributed by atoms with van der Waals surface area (Å²) < 4.78 is 5.14. The molecule has 0 aromatic carbocycles. The zero-order valence-corrected chi connectivity index (χ0v) is 11.0. The lowest BCUT2D eigenvalue weighted by molar-refractivity contribution is 0.0635. The molecule has 0 unspecified atom stereocenters. The maximum Gasteiger partial charge on any atom is 0.413 e. The van der Waals surface area contributed by atoms with Gasteiger partial charge in [0.15, 0.2) is 5.82 Å². The van der Waals surface area contributed by atoms with E-state index in [-0.39, 0.29) is 0 Å². The third kappa shape index (κ3) is 3.35. The summed E-state index contributed by atoms with van der Waals surface area (Å²) in [7, 11) is 0. The molecule has 2 heterocycles. The third-order valence-corrected chi connectivity index (χ3v) is 2.48. The highest BCUT2D eigenvalue weighted by molar-refractivity contribution is 5.83. The molecular formula is C11H19N5O2. The summed E-state index contributed by atoms with van der Waals surface area (Å²) >= 11 is 0. The predicted octanol–water partition coefficient (Wildman–Crippen LogP) is 1.36. The molecule has 1 aliphatic rings. The van der Waals surface area contributed by atoms with Crippen molar-refractivity contribution in [2.24, 2.45) is 0 Å². The van der Waals surface area contributed by atoms with Crippen LogP contribution in [-0.4, -0.2) is 39.9 Å². The molecule has 18 heavy (non-hydrogen) atoms. The van der Waals surface area contributed by atoms with E-state index in [1.54, 1.807) is 11.0 Å². The standard InChI is InChI=1S/C11H19N5O2/c1-11(2,3)18-10(17)12-9-8-16(14-13-9)15-6-4-5-7-15/h8H,4-7H2,1-3H3,(H,12,17). The average molecular weight is 253 g/mol. The fourth-order valence-electron chi connectivity index (χ4n) is 1.76. The van der Waals surface area contributed by atoms with Gasteiger partial charge in [0.2, 0.25) is 0 Å². The van der Waals surface area contributed by atoms with Gasteiger partial charge in [-0.25, -0.2) is 4.79 Å². The molecule has 0 radical (unpaired) electrons. The SMILES string of the molecule is CC(C)(C)OC(=O)Nc1cn(N2CCCC2)nn1. The first-order chi connectivity index (χ1) is 8.44. The van der Waals surface area contributed by atoms with E-state index in [0.717, 1.165) is 25.9 Å². The van der Waals surface area contributed by atoms with Gasteiger partial charge in [0.1, 0.15) is 5.60 Å². The van der Waals surface area contributed by atoms with Gasteiger partial charge < -0.3 is 4.74 Å². The van der Waals surface area contributed by atoms with Crippen LogP contribution in [0.5, 0.6) is 0 Å². The maximum absolute atomic E-state index is 11.5. The molecule has 2 rings (SSSR count). The fourth-order valence-corrected chi connectivity index (χ4v) is 1.76. The first kappa shape index (κ1) is 12.7. The zero-order valence-electron chi connectivity index (χ0n) is 11.0. The Hall–Kier alpha value is -1.79. The molecule has 0 bridgehead atoms. The molecule has 1 N–H and O–H groups in total. The lowest BCUT2D eigenvalue weighted by Gasteiger charge is -2.19. The van der Waals surface area contributed by atoms with Crippen molar-refractivity contribution in [1.29, 1.82) is 0 Å². The summed E-state index contributed by atoms with van der Waals surface area (Å²) in [6, 6.07) is 0. The first-order valence-electron chi connectivity index (χ1n) is 6.12. The third-order valence-electron chi connectivity index (χ3n) is 2.48. The van der Waals surface area contributed by atoms with Gasteiger partial charge in [0.05, 0.1) is 6.20 Å². The summed E-state index contributed by atoms with van der Waals surface area (Å²) in [6.45, 7) is 7.37. The Morgan fingerprint density at radius 2 is 2.06 bits per heavy atom. The van der Waals surface area contributed by atoms with Crippen LogP contribution >= 0.6 is 0 Å². The van der Waals surface area contributed by atoms with Gasteiger partial charge >= 0.3 is 6.09 Å². The molecule has 1 aliphatic heterocycles. The summed E-state index contributed by atoms with van der Waals surface area (Å²) in [5, 5.41) is 12.5. The van der Waals surface area contributed by atoms with Crippen molar-refractivity contribution in [1.82, 2.24) is 15.1 Å². The molecule has 1 aromatic heterocycles. The van der Waals surface area contributed by atoms with E-state index in [0.29, 0.717) is 5.82 Å². The molecular weight excluding hydrogens is 234 g/mol. The normalized spacial score (nSPS) is 15.8. The van der Waals surface area contributed by atoms with Crippen LogP contribution in [0.15, 0.2) is 6.20 Å².